The van der Waals surface area contributed by atoms with Crippen molar-refractivity contribution in [3.8, 4) is 22.8 Å². The van der Waals surface area contributed by atoms with Crippen LogP contribution in [0.4, 0.5) is 9.18 Å². The summed E-state index contributed by atoms with van der Waals surface area (Å²) < 4.78 is 59.3. The Balaban J connectivity index is 1.34. The Morgan fingerprint density at radius 3 is 2.22 bits per heavy atom. The van der Waals surface area contributed by atoms with Crippen molar-refractivity contribution in [3.63, 3.8) is 0 Å². The van der Waals surface area contributed by atoms with Gasteiger partial charge in [0.1, 0.15) is 46.6 Å². The van der Waals surface area contributed by atoms with E-state index in [1.165, 1.54) is 4.90 Å². The highest BCUT2D eigenvalue weighted by Crippen LogP contribution is 2.43. The largest absolute Gasteiger partial charge is 0.497 e. The number of alkyl carbamates (subject to hydrolysis) is 1. The number of carbonyl (C=O) groups excluding carboxylic acids is 4. The number of hydrogen-bond acceptors (Lipinski definition) is 10. The maximum atomic E-state index is 14.7. The second kappa shape index (κ2) is 16.0. The number of benzene rings is 3. The molecule has 3 N–H and O–H groups in total. The smallest absolute Gasteiger partial charge is 0.408 e. The van der Waals surface area contributed by atoms with E-state index in [1.807, 2.05) is 35.1 Å². The number of fused-ring (bicyclic) bond motifs is 1. The van der Waals surface area contributed by atoms with E-state index in [0.29, 0.717) is 28.1 Å². The number of sulfonamides is 1. The third-order valence-corrected chi connectivity index (χ3v) is 11.3. The van der Waals surface area contributed by atoms with E-state index in [9.17, 15) is 32.0 Å². The lowest BCUT2D eigenvalue weighted by molar-refractivity contribution is -0.142. The minimum Gasteiger partial charge on any atom is -0.497 e. The third-order valence-electron chi connectivity index (χ3n) is 10.00. The lowest BCUT2D eigenvalue weighted by atomic mass is 9.85. The van der Waals surface area contributed by atoms with Crippen molar-refractivity contribution in [1.29, 1.82) is 0 Å². The molecular weight excluding hydrogens is 782 g/mol. The van der Waals surface area contributed by atoms with E-state index in [2.05, 4.69) is 17.2 Å². The summed E-state index contributed by atoms with van der Waals surface area (Å²) in [4.78, 5) is 61.6. The molecule has 1 unspecified atom stereocenters. The predicted molar refractivity (Wildman–Crippen MR) is 217 cm³/mol. The standard InChI is InChI=1S/C43H48FN5O9S/c1-25-23-43(25,39(52)48-59(54,55)30-17-14-27(44)15-18-30)47-37(50)34-21-29(24-49(34)38(51)36(41(2,3)4)46-40(53)58-42(5,6)7)57-35-22-32(26-12-10-9-11-13-26)45-33-20-28(56-8)16-19-31(33)35/h9-20,22,29,34,36H,1,21,23-24H2,2-8H3,(H,46,53)(H,47,50)(H,48,52)/t29-,34+,36?,43-/m1/s1. The van der Waals surface area contributed by atoms with Crippen LogP contribution in [-0.2, 0) is 29.1 Å². The summed E-state index contributed by atoms with van der Waals surface area (Å²) in [5.41, 5.74) is -1.34. The van der Waals surface area contributed by atoms with Crippen LogP contribution < -0.4 is 24.8 Å². The van der Waals surface area contributed by atoms with Gasteiger partial charge in [0.2, 0.25) is 11.8 Å². The minimum atomic E-state index is -4.47. The van der Waals surface area contributed by atoms with Crippen LogP contribution >= 0.6 is 0 Å². The molecule has 16 heteroatoms. The molecular formula is C43H48FN5O9S. The lowest BCUT2D eigenvalue weighted by Crippen LogP contribution is -2.60. The number of methoxy groups -OCH3 is 1. The van der Waals surface area contributed by atoms with Gasteiger partial charge in [-0.15, -0.1) is 0 Å². The molecule has 3 aromatic carbocycles. The van der Waals surface area contributed by atoms with Crippen molar-refractivity contribution in [3.05, 3.63) is 96.8 Å². The molecule has 1 aromatic heterocycles. The van der Waals surface area contributed by atoms with Gasteiger partial charge in [-0.1, -0.05) is 57.7 Å². The molecule has 2 heterocycles. The molecule has 4 aromatic rings. The van der Waals surface area contributed by atoms with Gasteiger partial charge in [0.05, 0.1) is 29.8 Å². The molecule has 0 bridgehead atoms. The summed E-state index contributed by atoms with van der Waals surface area (Å²) in [6.07, 6.45) is -1.76. The van der Waals surface area contributed by atoms with Gasteiger partial charge in [-0.3, -0.25) is 14.4 Å². The fraction of sp³-hybridized carbons (Fsp3) is 0.372. The number of nitrogens with one attached hydrogen (secondary N) is 3. The molecule has 2 fully saturated rings. The van der Waals surface area contributed by atoms with E-state index in [-0.39, 0.29) is 29.9 Å². The second-order valence-electron chi connectivity index (χ2n) is 16.7. The average molecular weight is 830 g/mol. The van der Waals surface area contributed by atoms with Gasteiger partial charge in [-0.25, -0.2) is 27.3 Å². The van der Waals surface area contributed by atoms with E-state index in [4.69, 9.17) is 19.2 Å². The molecule has 0 spiro atoms. The van der Waals surface area contributed by atoms with Crippen molar-refractivity contribution in [2.24, 2.45) is 5.41 Å². The molecule has 312 valence electrons. The summed E-state index contributed by atoms with van der Waals surface area (Å²) in [7, 11) is -2.92. The minimum absolute atomic E-state index is 0.0560. The summed E-state index contributed by atoms with van der Waals surface area (Å²) in [6.45, 7) is 14.1. The van der Waals surface area contributed by atoms with Crippen LogP contribution in [0.1, 0.15) is 54.4 Å². The number of pyridine rings is 1. The first-order valence-electron chi connectivity index (χ1n) is 18.9. The van der Waals surface area contributed by atoms with Gasteiger partial charge in [-0.2, -0.15) is 0 Å². The molecule has 59 heavy (non-hydrogen) atoms. The van der Waals surface area contributed by atoms with Crippen LogP contribution in [0.2, 0.25) is 0 Å². The molecule has 4 amide bonds. The third kappa shape index (κ3) is 9.48. The molecule has 1 aliphatic carbocycles. The van der Waals surface area contributed by atoms with Crippen LogP contribution in [0.3, 0.4) is 0 Å². The van der Waals surface area contributed by atoms with Crippen molar-refractivity contribution >= 4 is 44.7 Å². The number of carbonyl (C=O) groups is 4. The van der Waals surface area contributed by atoms with E-state index in [1.54, 1.807) is 72.9 Å². The summed E-state index contributed by atoms with van der Waals surface area (Å²) in [5, 5.41) is 6.01. The zero-order chi connectivity index (χ0) is 43.1. The Morgan fingerprint density at radius 1 is 0.966 bits per heavy atom. The topological polar surface area (TPSA) is 182 Å². The van der Waals surface area contributed by atoms with Gasteiger partial charge in [-0.05, 0) is 68.2 Å². The quantitative estimate of drug-likeness (QED) is 0.160. The zero-order valence-electron chi connectivity index (χ0n) is 33.9. The van der Waals surface area contributed by atoms with Crippen LogP contribution in [-0.4, -0.2) is 85.1 Å². The molecule has 2 aliphatic rings. The molecule has 1 saturated carbocycles. The molecule has 14 nitrogen and oxygen atoms in total. The highest BCUT2D eigenvalue weighted by atomic mass is 32.2. The number of hydrogen-bond donors (Lipinski definition) is 3. The van der Waals surface area contributed by atoms with Crippen LogP contribution in [0.15, 0.2) is 95.9 Å². The first-order valence-corrected chi connectivity index (χ1v) is 20.4. The van der Waals surface area contributed by atoms with Gasteiger partial charge >= 0.3 is 6.09 Å². The van der Waals surface area contributed by atoms with Gasteiger partial charge in [0, 0.05) is 35.9 Å². The Hall–Kier alpha value is -6.03. The fourth-order valence-electron chi connectivity index (χ4n) is 6.83. The van der Waals surface area contributed by atoms with E-state index in [0.717, 1.165) is 29.8 Å². The number of halogens is 1. The normalized spacial score (nSPS) is 19.7. The van der Waals surface area contributed by atoms with Crippen molar-refractivity contribution in [1.82, 2.24) is 25.2 Å². The maximum absolute atomic E-state index is 14.7. The summed E-state index contributed by atoms with van der Waals surface area (Å²) in [5.74, 6) is -2.14. The molecule has 0 radical (unpaired) electrons. The molecule has 1 saturated heterocycles. The van der Waals surface area contributed by atoms with Gasteiger partial charge in [0.15, 0.2) is 0 Å². The maximum Gasteiger partial charge on any atom is 0.408 e. The van der Waals surface area contributed by atoms with Crippen molar-refractivity contribution in [2.45, 2.75) is 88.6 Å². The molecule has 1 aliphatic heterocycles. The van der Waals surface area contributed by atoms with Crippen LogP contribution in [0.5, 0.6) is 11.5 Å². The zero-order valence-corrected chi connectivity index (χ0v) is 34.7. The Morgan fingerprint density at radius 2 is 1.63 bits per heavy atom. The average Bonchev–Trinajstić information content (AvgIpc) is 3.62. The van der Waals surface area contributed by atoms with Crippen molar-refractivity contribution < 1.29 is 46.2 Å². The summed E-state index contributed by atoms with van der Waals surface area (Å²) in [6, 6.07) is 18.0. The first kappa shape index (κ1) is 42.6. The number of ether oxygens (including phenoxy) is 3. The van der Waals surface area contributed by atoms with Crippen molar-refractivity contribution in [2.75, 3.05) is 13.7 Å². The van der Waals surface area contributed by atoms with Crippen LogP contribution in [0, 0.1) is 11.2 Å². The van der Waals surface area contributed by atoms with Crippen LogP contribution in [0.25, 0.3) is 22.2 Å². The number of rotatable bonds is 11. The monoisotopic (exact) mass is 829 g/mol. The first-order chi connectivity index (χ1) is 27.6. The van der Waals surface area contributed by atoms with E-state index < -0.39 is 74.4 Å². The Bertz CT molecular complexity index is 2410. The highest BCUT2D eigenvalue weighted by molar-refractivity contribution is 7.90. The summed E-state index contributed by atoms with van der Waals surface area (Å²) >= 11 is 0. The Labute approximate surface area is 342 Å². The Kier molecular flexibility index (Phi) is 11.5. The number of aromatic nitrogens is 1. The number of nitrogens with zero attached hydrogens (tertiary/aromatic N) is 2. The SMILES string of the molecule is C=C1C[C@]1(NC(=O)[C@@H]1C[C@@H](Oc2cc(-c3ccccc3)nc3cc(OC)ccc23)CN1C(=O)C(NC(=O)OC(C)(C)C)C(C)(C)C)C(=O)NS(=O)(=O)c1ccc(F)cc1. The van der Waals surface area contributed by atoms with E-state index >= 15 is 0 Å². The fourth-order valence-corrected chi connectivity index (χ4v) is 7.86. The number of amides is 4. The molecule has 6 rings (SSSR count). The predicted octanol–water partition coefficient (Wildman–Crippen LogP) is 5.66. The lowest BCUT2D eigenvalue weighted by Gasteiger charge is -2.36. The van der Waals surface area contributed by atoms with Gasteiger partial charge < -0.3 is 29.7 Å². The number of likely N-dealkylation sites (tertiary alicyclic amines) is 1. The second-order valence-corrected chi connectivity index (χ2v) is 18.4. The highest BCUT2D eigenvalue weighted by Gasteiger charge is 2.58. The van der Waals surface area contributed by atoms with Gasteiger partial charge in [0.25, 0.3) is 15.9 Å². The molecule has 4 atom stereocenters.